The van der Waals surface area contributed by atoms with Crippen LogP contribution in [-0.2, 0) is 11.3 Å². The summed E-state index contributed by atoms with van der Waals surface area (Å²) < 4.78 is 17.1. The highest BCUT2D eigenvalue weighted by Crippen LogP contribution is 2.30. The lowest BCUT2D eigenvalue weighted by atomic mass is 9.90. The zero-order valence-corrected chi connectivity index (χ0v) is 25.5. The topological polar surface area (TPSA) is 92.5 Å². The van der Waals surface area contributed by atoms with Crippen LogP contribution in [0.15, 0.2) is 70.4 Å². The van der Waals surface area contributed by atoms with Crippen LogP contribution in [-0.4, -0.2) is 69.6 Å². The molecule has 44 heavy (non-hydrogen) atoms. The Morgan fingerprint density at radius 2 is 1.80 bits per heavy atom. The summed E-state index contributed by atoms with van der Waals surface area (Å²) >= 11 is 0. The summed E-state index contributed by atoms with van der Waals surface area (Å²) in [7, 11) is 6.01. The van der Waals surface area contributed by atoms with Crippen molar-refractivity contribution in [2.45, 2.75) is 63.2 Å². The summed E-state index contributed by atoms with van der Waals surface area (Å²) in [5, 5.41) is 3.25. The molecule has 1 saturated carbocycles. The summed E-state index contributed by atoms with van der Waals surface area (Å²) in [5.74, 6) is -0.590. The van der Waals surface area contributed by atoms with E-state index < -0.39 is 17.1 Å². The monoisotopic (exact) mass is 598 g/mol. The number of hydrogen-bond acceptors (Lipinski definition) is 6. The van der Waals surface area contributed by atoms with Gasteiger partial charge in [-0.05, 0) is 101 Å². The molecule has 2 fully saturated rings. The summed E-state index contributed by atoms with van der Waals surface area (Å²) in [4.78, 5) is 49.3. The number of likely N-dealkylation sites (tertiary alicyclic amines) is 1. The number of pyridine rings is 1. The van der Waals surface area contributed by atoms with Crippen LogP contribution >= 0.6 is 0 Å². The van der Waals surface area contributed by atoms with Gasteiger partial charge < -0.3 is 10.2 Å². The van der Waals surface area contributed by atoms with Gasteiger partial charge >= 0.3 is 5.69 Å². The van der Waals surface area contributed by atoms with Crippen molar-refractivity contribution in [2.75, 3.05) is 27.7 Å². The molecular formula is C34H39FN6O3. The second-order valence-corrected chi connectivity index (χ2v) is 12.4. The van der Waals surface area contributed by atoms with E-state index in [9.17, 15) is 18.8 Å². The normalized spacial score (nSPS) is 20.8. The van der Waals surface area contributed by atoms with Gasteiger partial charge in [-0.1, -0.05) is 36.4 Å². The predicted molar refractivity (Wildman–Crippen MR) is 169 cm³/mol. The first-order chi connectivity index (χ1) is 21.2. The molecule has 230 valence electrons. The van der Waals surface area contributed by atoms with Gasteiger partial charge in [0.05, 0.1) is 23.3 Å². The fourth-order valence-corrected chi connectivity index (χ4v) is 6.85. The molecule has 1 aliphatic carbocycles. The SMILES string of the molecule is CN(C)Cc1ccccc1-c1cccc(-n2c(=O)n([C@H]3CC[C@@H](NC(=O)[C@H]4CCCN4C)CC3)c(=O)c3cc(F)cnc32)c1. The van der Waals surface area contributed by atoms with Crippen molar-refractivity contribution in [3.63, 3.8) is 0 Å². The average molecular weight is 599 g/mol. The first kappa shape index (κ1) is 29.9. The van der Waals surface area contributed by atoms with Gasteiger partial charge in [-0.15, -0.1) is 0 Å². The van der Waals surface area contributed by atoms with E-state index in [4.69, 9.17) is 0 Å². The third kappa shape index (κ3) is 5.84. The van der Waals surface area contributed by atoms with E-state index in [0.29, 0.717) is 31.4 Å². The Labute approximate surface area is 255 Å². The van der Waals surface area contributed by atoms with Crippen molar-refractivity contribution in [2.24, 2.45) is 0 Å². The second kappa shape index (κ2) is 12.5. The molecule has 0 spiro atoms. The Balaban J connectivity index is 1.36. The number of likely N-dealkylation sites (N-methyl/N-ethyl adjacent to an activating group) is 1. The van der Waals surface area contributed by atoms with Crippen LogP contribution in [0.4, 0.5) is 4.39 Å². The van der Waals surface area contributed by atoms with E-state index in [2.05, 4.69) is 32.2 Å². The smallest absolute Gasteiger partial charge is 0.337 e. The third-order valence-corrected chi connectivity index (χ3v) is 9.04. The van der Waals surface area contributed by atoms with Gasteiger partial charge in [-0.3, -0.25) is 19.1 Å². The Hall–Kier alpha value is -4.15. The summed E-state index contributed by atoms with van der Waals surface area (Å²) in [6, 6.07) is 16.4. The molecule has 1 atom stereocenters. The molecule has 4 aromatic rings. The minimum atomic E-state index is -0.638. The lowest BCUT2D eigenvalue weighted by Crippen LogP contribution is -2.48. The zero-order chi connectivity index (χ0) is 31.0. The lowest BCUT2D eigenvalue weighted by molar-refractivity contribution is -0.126. The van der Waals surface area contributed by atoms with Gasteiger partial charge in [-0.25, -0.2) is 18.7 Å². The second-order valence-electron chi connectivity index (χ2n) is 12.4. The standard InChI is InChI=1S/C34H39FN6O3/c1-38(2)21-23-8-4-5-11-28(23)22-9-6-10-27(18-22)40-31-29(19-24(35)20-36-31)33(43)41(34(40)44)26-15-13-25(14-16-26)37-32(42)30-12-7-17-39(30)3/h4-6,8-11,18-20,25-26,30H,7,12-17,21H2,1-3H3,(H,37,42)/t25-,26+,30-/m1/s1. The quantitative estimate of drug-likeness (QED) is 0.344. The number of fused-ring (bicyclic) bond motifs is 1. The maximum Gasteiger partial charge on any atom is 0.337 e. The summed E-state index contributed by atoms with van der Waals surface area (Å²) in [5.41, 5.74) is 2.73. The summed E-state index contributed by atoms with van der Waals surface area (Å²) in [6.07, 6.45) is 5.30. The number of carbonyl (C=O) groups is 1. The molecule has 10 heteroatoms. The van der Waals surface area contributed by atoms with E-state index in [1.165, 1.54) is 9.13 Å². The maximum atomic E-state index is 14.4. The number of aromatic nitrogens is 3. The van der Waals surface area contributed by atoms with E-state index in [1.54, 1.807) is 0 Å². The first-order valence-corrected chi connectivity index (χ1v) is 15.4. The number of amides is 1. The molecule has 2 aromatic carbocycles. The molecule has 2 aromatic heterocycles. The van der Waals surface area contributed by atoms with Gasteiger partial charge in [0.1, 0.15) is 5.82 Å². The zero-order valence-electron chi connectivity index (χ0n) is 25.5. The van der Waals surface area contributed by atoms with Gasteiger partial charge in [-0.2, -0.15) is 0 Å². The van der Waals surface area contributed by atoms with Crippen LogP contribution in [0.1, 0.15) is 50.1 Å². The Kier molecular flexibility index (Phi) is 8.46. The van der Waals surface area contributed by atoms with Crippen LogP contribution in [0, 0.1) is 5.82 Å². The highest BCUT2D eigenvalue weighted by atomic mass is 19.1. The Morgan fingerprint density at radius 1 is 1.02 bits per heavy atom. The van der Waals surface area contributed by atoms with Crippen LogP contribution in [0.5, 0.6) is 0 Å². The van der Waals surface area contributed by atoms with Gasteiger partial charge in [0.15, 0.2) is 5.65 Å². The highest BCUT2D eigenvalue weighted by molar-refractivity contribution is 5.82. The molecule has 0 unspecified atom stereocenters. The number of rotatable bonds is 7. The van der Waals surface area contributed by atoms with Crippen LogP contribution in [0.3, 0.4) is 0 Å². The number of hydrogen-bond donors (Lipinski definition) is 1. The number of nitrogens with one attached hydrogen (secondary N) is 1. The Morgan fingerprint density at radius 3 is 2.52 bits per heavy atom. The lowest BCUT2D eigenvalue weighted by Gasteiger charge is -2.31. The van der Waals surface area contributed by atoms with Crippen molar-refractivity contribution >= 4 is 16.9 Å². The molecule has 1 N–H and O–H groups in total. The van der Waals surface area contributed by atoms with Crippen molar-refractivity contribution in [1.82, 2.24) is 29.2 Å². The van der Waals surface area contributed by atoms with E-state index >= 15 is 0 Å². The van der Waals surface area contributed by atoms with Crippen LogP contribution < -0.4 is 16.6 Å². The number of carbonyl (C=O) groups excluding carboxylic acids is 1. The summed E-state index contributed by atoms with van der Waals surface area (Å²) in [6.45, 7) is 1.67. The number of nitrogens with zero attached hydrogens (tertiary/aromatic N) is 5. The molecule has 9 nitrogen and oxygen atoms in total. The van der Waals surface area contributed by atoms with Crippen molar-refractivity contribution < 1.29 is 9.18 Å². The fourth-order valence-electron chi connectivity index (χ4n) is 6.85. The predicted octanol–water partition coefficient (Wildman–Crippen LogP) is 4.11. The van der Waals surface area contributed by atoms with Gasteiger partial charge in [0.25, 0.3) is 5.56 Å². The average Bonchev–Trinajstić information content (AvgIpc) is 3.44. The molecule has 1 saturated heterocycles. The minimum Gasteiger partial charge on any atom is -0.352 e. The number of benzene rings is 2. The van der Waals surface area contributed by atoms with Gasteiger partial charge in [0, 0.05) is 18.6 Å². The van der Waals surface area contributed by atoms with E-state index in [-0.39, 0.29) is 35.1 Å². The third-order valence-electron chi connectivity index (χ3n) is 9.04. The van der Waals surface area contributed by atoms with Crippen LogP contribution in [0.25, 0.3) is 27.8 Å². The van der Waals surface area contributed by atoms with Crippen molar-refractivity contribution in [1.29, 1.82) is 0 Å². The molecule has 1 amide bonds. The van der Waals surface area contributed by atoms with E-state index in [0.717, 1.165) is 54.9 Å². The molecular weight excluding hydrogens is 559 g/mol. The van der Waals surface area contributed by atoms with E-state index in [1.807, 2.05) is 57.5 Å². The largest absolute Gasteiger partial charge is 0.352 e. The minimum absolute atomic E-state index is 0.0100. The fraction of sp³-hybridized carbons (Fsp3) is 0.412. The first-order valence-electron chi connectivity index (χ1n) is 15.4. The van der Waals surface area contributed by atoms with Crippen molar-refractivity contribution in [3.05, 3.63) is 93.0 Å². The maximum absolute atomic E-state index is 14.4. The van der Waals surface area contributed by atoms with Gasteiger partial charge in [0.2, 0.25) is 5.91 Å². The molecule has 6 rings (SSSR count). The molecule has 1 aliphatic heterocycles. The van der Waals surface area contributed by atoms with Crippen molar-refractivity contribution in [3.8, 4) is 16.8 Å². The molecule has 0 bridgehead atoms. The molecule has 0 radical (unpaired) electrons. The Bertz CT molecular complexity index is 1810. The number of halogens is 1. The van der Waals surface area contributed by atoms with Crippen LogP contribution in [0.2, 0.25) is 0 Å². The molecule has 2 aliphatic rings. The molecule has 3 heterocycles. The highest BCUT2D eigenvalue weighted by Gasteiger charge is 2.32.